The number of hydrogen-bond donors (Lipinski definition) is 0. The maximum absolute atomic E-state index is 5.30. The van der Waals surface area contributed by atoms with Crippen molar-refractivity contribution in [3.63, 3.8) is 0 Å². The smallest absolute Gasteiger partial charge is 0.160 e. The summed E-state index contributed by atoms with van der Waals surface area (Å²) < 4.78 is 0. The third-order valence-electron chi connectivity index (χ3n) is 13.5. The van der Waals surface area contributed by atoms with Crippen LogP contribution in [0.4, 0.5) is 0 Å². The van der Waals surface area contributed by atoms with Crippen LogP contribution in [-0.2, 0) is 5.41 Å². The highest BCUT2D eigenvalue weighted by Crippen LogP contribution is 2.52. The first-order chi connectivity index (χ1) is 32.0. The maximum atomic E-state index is 5.30. The molecule has 0 spiro atoms. The lowest BCUT2D eigenvalue weighted by Gasteiger charge is -2.22. The molecule has 0 N–H and O–H groups in total. The molecule has 0 atom stereocenters. The Morgan fingerprint density at radius 1 is 0.292 bits per heavy atom. The minimum absolute atomic E-state index is 0.0976. The minimum Gasteiger partial charge on any atom is -0.228 e. The molecule has 65 heavy (non-hydrogen) atoms. The van der Waals surface area contributed by atoms with Gasteiger partial charge in [0, 0.05) is 22.1 Å². The lowest BCUT2D eigenvalue weighted by atomic mass is 9.81. The fourth-order valence-corrected chi connectivity index (χ4v) is 10.2. The van der Waals surface area contributed by atoms with E-state index in [-0.39, 0.29) is 5.41 Å². The molecule has 11 aromatic rings. The molecule has 0 bridgehead atoms. The van der Waals surface area contributed by atoms with Gasteiger partial charge in [0.15, 0.2) is 5.82 Å². The van der Waals surface area contributed by atoms with E-state index in [4.69, 9.17) is 9.97 Å². The second-order valence-electron chi connectivity index (χ2n) is 17.7. The molecule has 0 saturated carbocycles. The fraction of sp³-hybridized carbons (Fsp3) is 0.0476. The van der Waals surface area contributed by atoms with E-state index in [1.807, 2.05) is 18.2 Å². The highest BCUT2D eigenvalue weighted by Gasteiger charge is 2.36. The Morgan fingerprint density at radius 3 is 1.62 bits per heavy atom. The van der Waals surface area contributed by atoms with Gasteiger partial charge in [-0.2, -0.15) is 0 Å². The van der Waals surface area contributed by atoms with E-state index in [0.717, 1.165) is 33.5 Å². The Balaban J connectivity index is 1.04. The third kappa shape index (κ3) is 6.74. The summed E-state index contributed by atoms with van der Waals surface area (Å²) in [6.45, 7) is 4.72. The molecule has 2 heteroatoms. The molecule has 12 rings (SSSR count). The van der Waals surface area contributed by atoms with Gasteiger partial charge in [0.1, 0.15) is 0 Å². The van der Waals surface area contributed by atoms with Crippen LogP contribution >= 0.6 is 0 Å². The number of fused-ring (bicyclic) bond motifs is 5. The van der Waals surface area contributed by atoms with Gasteiger partial charge >= 0.3 is 0 Å². The summed E-state index contributed by atoms with van der Waals surface area (Å²) in [5, 5.41) is 4.78. The number of aromatic nitrogens is 2. The van der Waals surface area contributed by atoms with Gasteiger partial charge in [-0.15, -0.1) is 0 Å². The maximum Gasteiger partial charge on any atom is 0.160 e. The largest absolute Gasteiger partial charge is 0.228 e. The topological polar surface area (TPSA) is 25.8 Å². The zero-order chi connectivity index (χ0) is 43.5. The average molecular weight is 829 g/mol. The van der Waals surface area contributed by atoms with Gasteiger partial charge in [-0.25, -0.2) is 9.97 Å². The molecule has 1 aliphatic rings. The van der Waals surface area contributed by atoms with Crippen molar-refractivity contribution < 1.29 is 0 Å². The SMILES string of the molecule is CC1(C)c2ccccc2-c2c(-c3cc(-c4ccc5ccccc5c4)cc(-c4ccc(-c5cc(-c6ccc(-c7ccccc7)cc6)nc(-c6ccccc6)n5)c5ccccc45)c3)cccc21. The van der Waals surface area contributed by atoms with E-state index in [1.54, 1.807) is 0 Å². The standard InChI is InChI=1S/C63H44N2/c1-63(2)57-26-14-13-24-56(57)61-52(25-15-27-58(61)63)50-38-48(47-33-30-42-18-9-10-21-46(42)36-47)37-49(39-50)51-34-35-55(54-23-12-11-22-53(51)54)60-40-59(64-62(65-60)45-19-7-4-8-20-45)44-31-28-43(29-32-44)41-16-5-3-6-17-41/h3-40H,1-2H3. The summed E-state index contributed by atoms with van der Waals surface area (Å²) in [5.41, 5.74) is 19.7. The minimum atomic E-state index is -0.0976. The van der Waals surface area contributed by atoms with Crippen LogP contribution < -0.4 is 0 Å². The van der Waals surface area contributed by atoms with Crippen molar-refractivity contribution in [1.82, 2.24) is 9.97 Å². The van der Waals surface area contributed by atoms with Crippen molar-refractivity contribution in [2.24, 2.45) is 0 Å². The van der Waals surface area contributed by atoms with Gasteiger partial charge in [0.05, 0.1) is 11.4 Å². The van der Waals surface area contributed by atoms with Crippen molar-refractivity contribution in [1.29, 1.82) is 0 Å². The lowest BCUT2D eigenvalue weighted by Crippen LogP contribution is -2.14. The zero-order valence-corrected chi connectivity index (χ0v) is 36.3. The molecule has 0 amide bonds. The van der Waals surface area contributed by atoms with Crippen LogP contribution in [0.3, 0.4) is 0 Å². The quantitative estimate of drug-likeness (QED) is 0.160. The Bertz CT molecular complexity index is 3600. The van der Waals surface area contributed by atoms with E-state index in [2.05, 4.69) is 226 Å². The normalized spacial score (nSPS) is 12.6. The van der Waals surface area contributed by atoms with Crippen molar-refractivity contribution in [3.05, 3.63) is 242 Å². The van der Waals surface area contributed by atoms with Crippen molar-refractivity contribution in [2.45, 2.75) is 19.3 Å². The molecule has 0 fully saturated rings. The first-order valence-corrected chi connectivity index (χ1v) is 22.5. The van der Waals surface area contributed by atoms with Crippen molar-refractivity contribution >= 4 is 21.5 Å². The van der Waals surface area contributed by atoms with E-state index < -0.39 is 0 Å². The monoisotopic (exact) mass is 828 g/mol. The van der Waals surface area contributed by atoms with Crippen LogP contribution in [0.15, 0.2) is 231 Å². The summed E-state index contributed by atoms with van der Waals surface area (Å²) in [4.78, 5) is 10.5. The van der Waals surface area contributed by atoms with Crippen LogP contribution in [0.1, 0.15) is 25.0 Å². The molecule has 10 aromatic carbocycles. The fourth-order valence-electron chi connectivity index (χ4n) is 10.2. The predicted molar refractivity (Wildman–Crippen MR) is 273 cm³/mol. The van der Waals surface area contributed by atoms with Crippen LogP contribution in [0.25, 0.3) is 111 Å². The van der Waals surface area contributed by atoms with E-state index in [0.29, 0.717) is 5.82 Å². The van der Waals surface area contributed by atoms with Crippen LogP contribution in [0.5, 0.6) is 0 Å². The molecule has 306 valence electrons. The highest BCUT2D eigenvalue weighted by molar-refractivity contribution is 6.06. The van der Waals surface area contributed by atoms with Gasteiger partial charge in [0.2, 0.25) is 0 Å². The third-order valence-corrected chi connectivity index (χ3v) is 13.5. The number of benzene rings is 10. The highest BCUT2D eigenvalue weighted by atomic mass is 14.9. The van der Waals surface area contributed by atoms with Crippen LogP contribution in [0.2, 0.25) is 0 Å². The van der Waals surface area contributed by atoms with E-state index in [9.17, 15) is 0 Å². The molecular formula is C63H44N2. The number of hydrogen-bond acceptors (Lipinski definition) is 2. The molecular weight excluding hydrogens is 785 g/mol. The molecule has 1 aliphatic carbocycles. The zero-order valence-electron chi connectivity index (χ0n) is 36.3. The summed E-state index contributed by atoms with van der Waals surface area (Å²) in [5.74, 6) is 0.700. The molecule has 0 unspecified atom stereocenters. The molecule has 0 saturated heterocycles. The number of nitrogens with zero attached hydrogens (tertiary/aromatic N) is 2. The van der Waals surface area contributed by atoms with Gasteiger partial charge in [-0.3, -0.25) is 0 Å². The molecule has 2 nitrogen and oxygen atoms in total. The summed E-state index contributed by atoms with van der Waals surface area (Å²) in [7, 11) is 0. The van der Waals surface area contributed by atoms with Crippen molar-refractivity contribution in [3.8, 4) is 89.5 Å². The van der Waals surface area contributed by atoms with Crippen LogP contribution in [-0.4, -0.2) is 9.97 Å². The van der Waals surface area contributed by atoms with Gasteiger partial charge < -0.3 is 0 Å². The number of rotatable bonds is 7. The van der Waals surface area contributed by atoms with Crippen molar-refractivity contribution in [2.75, 3.05) is 0 Å². The summed E-state index contributed by atoms with van der Waals surface area (Å²) in [6, 6.07) is 83.5. The second kappa shape index (κ2) is 15.6. The average Bonchev–Trinajstić information content (AvgIpc) is 3.61. The first kappa shape index (κ1) is 38.5. The Hall–Kier alpha value is -8.20. The van der Waals surface area contributed by atoms with Gasteiger partial charge in [0.25, 0.3) is 0 Å². The van der Waals surface area contributed by atoms with Gasteiger partial charge in [-0.1, -0.05) is 214 Å². The molecule has 1 heterocycles. The van der Waals surface area contributed by atoms with Crippen LogP contribution in [0, 0.1) is 0 Å². The first-order valence-electron chi connectivity index (χ1n) is 22.5. The summed E-state index contributed by atoms with van der Waals surface area (Å²) >= 11 is 0. The predicted octanol–water partition coefficient (Wildman–Crippen LogP) is 16.8. The van der Waals surface area contributed by atoms with E-state index >= 15 is 0 Å². The molecule has 0 radical (unpaired) electrons. The second-order valence-corrected chi connectivity index (χ2v) is 17.7. The summed E-state index contributed by atoms with van der Waals surface area (Å²) in [6.07, 6.45) is 0. The Labute approximate surface area is 380 Å². The Morgan fingerprint density at radius 2 is 0.831 bits per heavy atom. The molecule has 0 aliphatic heterocycles. The Kier molecular flexibility index (Phi) is 9.21. The van der Waals surface area contributed by atoms with E-state index in [1.165, 1.54) is 82.9 Å². The molecule has 1 aromatic heterocycles. The van der Waals surface area contributed by atoms with Gasteiger partial charge in [-0.05, 0) is 119 Å². The lowest BCUT2D eigenvalue weighted by molar-refractivity contribution is 0.660.